The lowest BCUT2D eigenvalue weighted by atomic mass is 10.0. The summed E-state index contributed by atoms with van der Waals surface area (Å²) < 4.78 is 11.0. The molecule has 1 saturated heterocycles. The molecule has 4 heterocycles. The monoisotopic (exact) mass is 718 g/mol. The first-order chi connectivity index (χ1) is 22.5. The Morgan fingerprint density at radius 1 is 1.13 bits per heavy atom. The lowest BCUT2D eigenvalue weighted by Crippen LogP contribution is -2.71. The number of thiazole rings is 2. The molecule has 0 bridgehead atoms. The van der Waals surface area contributed by atoms with Crippen LogP contribution in [0.15, 0.2) is 49.7 Å². The SMILES string of the molecule is CCON=C(C(=O)N[C@@H]1C(=O)N2C(C(=O)O)=C(CSc3nc(-c4ccc(OC(C)=O)c(OC(C)=O)c4)cs3)CS[C@H]12)c1csc(N)n1. The van der Waals surface area contributed by atoms with Gasteiger partial charge in [-0.25, -0.2) is 14.8 Å². The van der Waals surface area contributed by atoms with Gasteiger partial charge in [-0.05, 0) is 30.7 Å². The molecule has 1 aromatic carbocycles. The van der Waals surface area contributed by atoms with Gasteiger partial charge in [0.05, 0.1) is 5.69 Å². The van der Waals surface area contributed by atoms with Crippen LogP contribution in [0, 0.1) is 0 Å². The number of nitrogens with one attached hydrogen (secondary N) is 1. The molecule has 246 valence electrons. The number of β-lactam (4-membered cyclic amide) rings is 1. The van der Waals surface area contributed by atoms with Crippen molar-refractivity contribution in [2.75, 3.05) is 23.8 Å². The number of carboxylic acid groups (broad SMARTS) is 1. The highest BCUT2D eigenvalue weighted by Crippen LogP contribution is 2.42. The predicted molar refractivity (Wildman–Crippen MR) is 175 cm³/mol. The Balaban J connectivity index is 1.28. The Morgan fingerprint density at radius 3 is 2.53 bits per heavy atom. The highest BCUT2D eigenvalue weighted by atomic mass is 32.2. The van der Waals surface area contributed by atoms with Crippen LogP contribution in [0.5, 0.6) is 11.5 Å². The van der Waals surface area contributed by atoms with Gasteiger partial charge in [0.15, 0.2) is 26.7 Å². The highest BCUT2D eigenvalue weighted by molar-refractivity contribution is 8.01. The van der Waals surface area contributed by atoms with Crippen molar-refractivity contribution in [3.8, 4) is 22.8 Å². The fourth-order valence-corrected chi connectivity index (χ4v) is 8.35. The van der Waals surface area contributed by atoms with E-state index in [9.17, 15) is 29.1 Å². The minimum atomic E-state index is -1.26. The number of nitrogens with two attached hydrogens (primary N) is 1. The number of carboxylic acids is 1. The predicted octanol–water partition coefficient (Wildman–Crippen LogP) is 2.97. The van der Waals surface area contributed by atoms with Crippen LogP contribution in [0.2, 0.25) is 0 Å². The van der Waals surface area contributed by atoms with Gasteiger partial charge in [0.1, 0.15) is 29.4 Å². The zero-order chi connectivity index (χ0) is 33.8. The van der Waals surface area contributed by atoms with Gasteiger partial charge >= 0.3 is 17.9 Å². The van der Waals surface area contributed by atoms with Crippen LogP contribution in [0.4, 0.5) is 5.13 Å². The third kappa shape index (κ3) is 7.58. The van der Waals surface area contributed by atoms with Crippen LogP contribution < -0.4 is 20.5 Å². The minimum Gasteiger partial charge on any atom is -0.477 e. The van der Waals surface area contributed by atoms with E-state index in [1.54, 1.807) is 23.8 Å². The molecule has 47 heavy (non-hydrogen) atoms. The number of esters is 2. The summed E-state index contributed by atoms with van der Waals surface area (Å²) in [6.07, 6.45) is 0. The quantitative estimate of drug-likeness (QED) is 0.0614. The van der Waals surface area contributed by atoms with Crippen LogP contribution in [0.1, 0.15) is 26.5 Å². The standard InChI is InChI=1S/C28H26N6O9S4/c1-4-41-33-20(17-11-45-27(29)30-17)23(37)32-21-24(38)34-22(26(39)40)15(8-44-25(21)34)9-46-28-31-16(10-47-28)14-5-6-18(42-12(2)35)19(7-14)43-13(3)36/h5-7,10-11,21,25H,4,8-9H2,1-3H3,(H2,29,30)(H,32,37)(H,39,40)/t21-,25-/m1/s1. The lowest BCUT2D eigenvalue weighted by Gasteiger charge is -2.49. The molecule has 2 amide bonds. The van der Waals surface area contributed by atoms with Gasteiger partial charge in [0, 0.05) is 41.7 Å². The first kappa shape index (κ1) is 33.9. The molecule has 1 fully saturated rings. The Bertz CT molecular complexity index is 1820. The van der Waals surface area contributed by atoms with Crippen LogP contribution in [-0.4, -0.2) is 84.9 Å². The third-order valence-corrected chi connectivity index (χ3v) is 10.5. The van der Waals surface area contributed by atoms with E-state index in [-0.39, 0.29) is 46.1 Å². The molecule has 2 aliphatic heterocycles. The number of aromatic nitrogens is 2. The number of carbonyl (C=O) groups is 5. The molecule has 4 N–H and O–H groups in total. The van der Waals surface area contributed by atoms with Gasteiger partial charge < -0.3 is 30.5 Å². The number of nitrogens with zero attached hydrogens (tertiary/aromatic N) is 4. The van der Waals surface area contributed by atoms with Crippen molar-refractivity contribution in [3.05, 3.63) is 45.9 Å². The molecular weight excluding hydrogens is 693 g/mol. The van der Waals surface area contributed by atoms with Crippen LogP contribution in [-0.2, 0) is 28.8 Å². The largest absolute Gasteiger partial charge is 0.477 e. The molecule has 19 heteroatoms. The Hall–Kier alpha value is -4.46. The number of amides is 2. The van der Waals surface area contributed by atoms with Crippen LogP contribution >= 0.6 is 46.2 Å². The van der Waals surface area contributed by atoms with E-state index in [0.29, 0.717) is 26.9 Å². The molecule has 2 aliphatic rings. The van der Waals surface area contributed by atoms with Gasteiger partial charge in [0.25, 0.3) is 11.8 Å². The number of thioether (sulfide) groups is 2. The maximum absolute atomic E-state index is 13.2. The van der Waals surface area contributed by atoms with Crippen molar-refractivity contribution in [2.45, 2.75) is 36.5 Å². The average Bonchev–Trinajstić information content (AvgIpc) is 3.68. The topological polar surface area (TPSA) is 213 Å². The van der Waals surface area contributed by atoms with Crippen molar-refractivity contribution < 1.29 is 43.4 Å². The van der Waals surface area contributed by atoms with Crippen molar-refractivity contribution in [2.24, 2.45) is 5.16 Å². The number of hydrogen-bond acceptors (Lipinski definition) is 16. The third-order valence-electron chi connectivity index (χ3n) is 6.40. The molecule has 0 radical (unpaired) electrons. The van der Waals surface area contributed by atoms with Gasteiger partial charge in [0.2, 0.25) is 0 Å². The second-order valence-corrected chi connectivity index (χ2v) is 13.8. The van der Waals surface area contributed by atoms with Crippen molar-refractivity contribution in [3.63, 3.8) is 0 Å². The molecule has 0 saturated carbocycles. The Kier molecular flexibility index (Phi) is 10.5. The number of fused-ring (bicyclic) bond motifs is 1. The molecule has 2 atom stereocenters. The molecular formula is C28H26N6O9S4. The normalized spacial score (nSPS) is 17.5. The molecule has 3 aromatic rings. The fraction of sp³-hybridized carbons (Fsp3) is 0.286. The molecule has 0 spiro atoms. The highest BCUT2D eigenvalue weighted by Gasteiger charge is 2.54. The zero-order valence-corrected chi connectivity index (χ0v) is 28.1. The molecule has 0 aliphatic carbocycles. The van der Waals surface area contributed by atoms with Crippen LogP contribution in [0.25, 0.3) is 11.3 Å². The van der Waals surface area contributed by atoms with E-state index < -0.39 is 41.1 Å². The Labute approximate surface area is 283 Å². The summed E-state index contributed by atoms with van der Waals surface area (Å²) in [6, 6.07) is 3.72. The summed E-state index contributed by atoms with van der Waals surface area (Å²) >= 11 is 5.08. The number of rotatable bonds is 12. The summed E-state index contributed by atoms with van der Waals surface area (Å²) in [4.78, 5) is 76.6. The van der Waals surface area contributed by atoms with E-state index in [1.165, 1.54) is 65.7 Å². The zero-order valence-electron chi connectivity index (χ0n) is 24.9. The van der Waals surface area contributed by atoms with Crippen LogP contribution in [0.3, 0.4) is 0 Å². The van der Waals surface area contributed by atoms with Crippen molar-refractivity contribution >= 4 is 86.8 Å². The number of hydrogen-bond donors (Lipinski definition) is 3. The number of nitrogen functional groups attached to an aromatic ring is 1. The fourth-order valence-electron chi connectivity index (χ4n) is 4.48. The number of benzene rings is 1. The van der Waals surface area contributed by atoms with E-state index >= 15 is 0 Å². The van der Waals surface area contributed by atoms with E-state index in [1.807, 2.05) is 0 Å². The van der Waals surface area contributed by atoms with Gasteiger partial charge in [-0.15, -0.1) is 34.4 Å². The van der Waals surface area contributed by atoms with E-state index in [2.05, 4.69) is 20.4 Å². The number of oxime groups is 1. The first-order valence-electron chi connectivity index (χ1n) is 13.7. The molecule has 15 nitrogen and oxygen atoms in total. The van der Waals surface area contributed by atoms with E-state index in [4.69, 9.17) is 20.0 Å². The van der Waals surface area contributed by atoms with Gasteiger partial charge in [-0.1, -0.05) is 16.9 Å². The average molecular weight is 719 g/mol. The number of anilines is 1. The van der Waals surface area contributed by atoms with E-state index in [0.717, 1.165) is 11.3 Å². The maximum atomic E-state index is 13.2. The molecule has 5 rings (SSSR count). The van der Waals surface area contributed by atoms with Gasteiger partial charge in [-0.3, -0.25) is 24.1 Å². The summed E-state index contributed by atoms with van der Waals surface area (Å²) in [5, 5.41) is 19.5. The maximum Gasteiger partial charge on any atom is 0.352 e. The molecule has 2 aromatic heterocycles. The lowest BCUT2D eigenvalue weighted by molar-refractivity contribution is -0.150. The number of ether oxygens (including phenoxy) is 2. The molecule has 0 unspecified atom stereocenters. The summed E-state index contributed by atoms with van der Waals surface area (Å²) in [7, 11) is 0. The second-order valence-electron chi connectivity index (χ2n) is 9.68. The minimum absolute atomic E-state index is 0.0665. The van der Waals surface area contributed by atoms with Crippen molar-refractivity contribution in [1.29, 1.82) is 0 Å². The summed E-state index contributed by atoms with van der Waals surface area (Å²) in [5.41, 5.74) is 7.31. The summed E-state index contributed by atoms with van der Waals surface area (Å²) in [5.74, 6) is -2.98. The van der Waals surface area contributed by atoms with Gasteiger partial charge in [-0.2, -0.15) is 0 Å². The smallest absolute Gasteiger partial charge is 0.352 e. The second kappa shape index (κ2) is 14.5. The Morgan fingerprint density at radius 2 is 1.87 bits per heavy atom. The number of aliphatic carboxylic acids is 1. The summed E-state index contributed by atoms with van der Waals surface area (Å²) in [6.45, 7) is 4.35. The first-order valence-corrected chi connectivity index (χ1v) is 17.5. The van der Waals surface area contributed by atoms with Crippen molar-refractivity contribution in [1.82, 2.24) is 20.2 Å². The number of carbonyl (C=O) groups excluding carboxylic acids is 4.